The zero-order valence-corrected chi connectivity index (χ0v) is 38.5. The Morgan fingerprint density at radius 1 is 0.429 bits per heavy atom. The summed E-state index contributed by atoms with van der Waals surface area (Å²) in [6.07, 6.45) is -5.49. The van der Waals surface area contributed by atoms with Crippen molar-refractivity contribution in [1.82, 2.24) is 0 Å². The van der Waals surface area contributed by atoms with Crippen molar-refractivity contribution in [3.63, 3.8) is 0 Å². The third kappa shape index (κ3) is 17.2. The maximum Gasteiger partial charge on any atom is 0.417 e. The van der Waals surface area contributed by atoms with Gasteiger partial charge < -0.3 is 4.74 Å². The molecule has 7 nitrogen and oxygen atoms in total. The minimum absolute atomic E-state index is 0.0230. The van der Waals surface area contributed by atoms with Crippen LogP contribution in [0.2, 0.25) is 0 Å². The second-order valence-corrected chi connectivity index (χ2v) is 20.8. The lowest BCUT2D eigenvalue weighted by molar-refractivity contribution is -0.138. The number of halogens is 18. The number of rotatable bonds is 7. The molecule has 0 aromatic heterocycles. The maximum atomic E-state index is 13.0. The molecule has 0 amide bonds. The highest BCUT2D eigenvalue weighted by Gasteiger charge is 2.67. The van der Waals surface area contributed by atoms with Gasteiger partial charge in [0.25, 0.3) is 0 Å². The topological polar surface area (TPSA) is 152 Å². The van der Waals surface area contributed by atoms with Gasteiger partial charge in [-0.15, -0.1) is 0 Å². The first kappa shape index (κ1) is 61.0. The second-order valence-electron chi connectivity index (χ2n) is 12.5. The molecular formula is C41H28F18N6OS4. The van der Waals surface area contributed by atoms with Crippen LogP contribution in [0.3, 0.4) is 0 Å². The summed E-state index contributed by atoms with van der Waals surface area (Å²) in [4.78, 5) is -7.23. The summed E-state index contributed by atoms with van der Waals surface area (Å²) < 4.78 is 235. The van der Waals surface area contributed by atoms with Crippen molar-refractivity contribution in [2.45, 2.75) is 58.3 Å². The summed E-state index contributed by atoms with van der Waals surface area (Å²) >= 11 is 0.708. The molecule has 0 unspecified atom stereocenters. The van der Waals surface area contributed by atoms with Crippen LogP contribution in [0.5, 0.6) is 11.5 Å². The van der Waals surface area contributed by atoms with Gasteiger partial charge in [-0.05, 0) is 54.6 Å². The van der Waals surface area contributed by atoms with E-state index in [4.69, 9.17) is 36.3 Å². The fourth-order valence-electron chi connectivity index (χ4n) is 4.70. The van der Waals surface area contributed by atoms with Gasteiger partial charge in [0.15, 0.2) is 0 Å². The first-order chi connectivity index (χ1) is 31.5. The van der Waals surface area contributed by atoms with E-state index in [-0.39, 0.29) is 40.5 Å². The molecule has 0 spiro atoms. The molecule has 5 aromatic rings. The van der Waals surface area contributed by atoms with Crippen LogP contribution >= 0.6 is 42.4 Å². The maximum absolute atomic E-state index is 13.0. The molecule has 5 rings (SSSR count). The zero-order chi connectivity index (χ0) is 54.8. The lowest BCUT2D eigenvalue weighted by atomic mass is 10.0. The second kappa shape index (κ2) is 19.1. The van der Waals surface area contributed by atoms with Crippen LogP contribution in [-0.4, -0.2) is 0 Å². The van der Waals surface area contributed by atoms with Gasteiger partial charge in [-0.3, -0.25) is 0 Å². The van der Waals surface area contributed by atoms with Crippen molar-refractivity contribution < 1.29 is 76.2 Å². The molecule has 29 heteroatoms. The van der Waals surface area contributed by atoms with Gasteiger partial charge in [-0.2, -0.15) is 44.7 Å². The van der Waals surface area contributed by atoms with Crippen LogP contribution in [-0.2, 0) is 6.18 Å². The van der Waals surface area contributed by atoms with E-state index in [0.717, 1.165) is 12.1 Å². The molecule has 70 heavy (non-hydrogen) atoms. The standard InChI is InChI=1S/C14H7F5N2OS.C14H7F5N2S2.C9H2F8N2S.2C2H6/c2*15-23(16,17,18,19)12-6-10(8-20)13(9-21)14(7-12)22-11-4-2-1-3-5-11;10-9(11,12)8-2-6(20(13,14,15,16)17)1-5(3-18)7(8)4-19;2*1-2/h2*1-7H;1-2H;2*1-2H3. The van der Waals surface area contributed by atoms with Crippen molar-refractivity contribution in [2.75, 3.05) is 0 Å². The highest BCUT2D eigenvalue weighted by molar-refractivity contribution is 8.46. The molecule has 0 aliphatic heterocycles. The predicted molar refractivity (Wildman–Crippen MR) is 227 cm³/mol. The van der Waals surface area contributed by atoms with E-state index in [1.165, 1.54) is 42.5 Å². The molecule has 0 saturated carbocycles. The fourth-order valence-corrected chi connectivity index (χ4v) is 7.79. The number of benzene rings is 5. The molecule has 0 heterocycles. The van der Waals surface area contributed by atoms with Gasteiger partial charge >= 0.3 is 36.8 Å². The SMILES string of the molecule is CC.CC.N#Cc1cc(S(F)(F)(F)(F)F)cc(C(F)(F)F)c1C#N.N#Cc1cc(S(F)(F)(F)(F)F)cc(Oc2ccccc2)c1C#N.N#Cc1cc(S(F)(F)(F)(F)F)cc(Sc2ccccc2)c1C#N. The van der Waals surface area contributed by atoms with E-state index >= 15 is 0 Å². The van der Waals surface area contributed by atoms with Crippen molar-refractivity contribution in [3.8, 4) is 47.9 Å². The Hall–Kier alpha value is -7.02. The molecule has 5 aromatic carbocycles. The smallest absolute Gasteiger partial charge is 0.417 e. The number of nitrogens with zero attached hydrogens (tertiary/aromatic N) is 6. The Bertz CT molecular complexity index is 2880. The lowest BCUT2D eigenvalue weighted by Gasteiger charge is -2.41. The molecular weight excluding hydrogens is 1060 g/mol. The highest BCUT2D eigenvalue weighted by Crippen LogP contribution is 3.03. The molecule has 0 fully saturated rings. The number of alkyl halides is 3. The Morgan fingerprint density at radius 2 is 0.771 bits per heavy atom. The van der Waals surface area contributed by atoms with Crippen LogP contribution in [0.25, 0.3) is 0 Å². The van der Waals surface area contributed by atoms with Gasteiger partial charge in [0, 0.05) is 15.9 Å². The van der Waals surface area contributed by atoms with Crippen LogP contribution in [0.4, 0.5) is 71.5 Å². The minimum Gasteiger partial charge on any atom is -0.456 e. The molecule has 0 saturated heterocycles. The number of ether oxygens (including phenoxy) is 1. The Kier molecular flexibility index (Phi) is 16.6. The molecule has 0 atom stereocenters. The third-order valence-electron chi connectivity index (χ3n) is 7.54. The van der Waals surface area contributed by atoms with Crippen molar-refractivity contribution in [3.05, 3.63) is 136 Å². The Morgan fingerprint density at radius 3 is 1.13 bits per heavy atom. The monoisotopic (exact) mass is 1090 g/mol. The zero-order valence-electron chi connectivity index (χ0n) is 35.3. The van der Waals surface area contributed by atoms with Crippen LogP contribution < -0.4 is 4.74 Å². The predicted octanol–water partition coefficient (Wildman–Crippen LogP) is 19.3. The summed E-state index contributed by atoms with van der Waals surface area (Å²) in [6.45, 7) is 8.00. The Balaban J connectivity index is 0.000000508. The van der Waals surface area contributed by atoms with E-state index in [0.29, 0.717) is 16.7 Å². The third-order valence-corrected chi connectivity index (χ3v) is 12.0. The lowest BCUT2D eigenvalue weighted by Crippen LogP contribution is -2.14. The van der Waals surface area contributed by atoms with Crippen molar-refractivity contribution in [1.29, 1.82) is 31.6 Å². The molecule has 0 radical (unpaired) electrons. The van der Waals surface area contributed by atoms with E-state index in [1.54, 1.807) is 42.5 Å². The van der Waals surface area contributed by atoms with Crippen LogP contribution in [0.15, 0.2) is 122 Å². The van der Waals surface area contributed by atoms with Gasteiger partial charge in [-0.25, -0.2) is 0 Å². The molecule has 0 aliphatic rings. The number of hydrogen-bond acceptors (Lipinski definition) is 8. The number of hydrogen-bond donors (Lipinski definition) is 0. The molecule has 0 aliphatic carbocycles. The fraction of sp³-hybridized carbons (Fsp3) is 0.122. The van der Waals surface area contributed by atoms with Gasteiger partial charge in [-0.1, -0.05) is 134 Å². The van der Waals surface area contributed by atoms with Crippen molar-refractivity contribution >= 4 is 42.4 Å². The summed E-state index contributed by atoms with van der Waals surface area (Å²) in [5, 5.41) is 52.7. The summed E-state index contributed by atoms with van der Waals surface area (Å²) in [6, 6.07) is 21.7. The van der Waals surface area contributed by atoms with E-state index in [9.17, 15) is 71.5 Å². The van der Waals surface area contributed by atoms with Crippen LogP contribution in [0.1, 0.15) is 66.6 Å². The first-order valence-electron chi connectivity index (χ1n) is 18.2. The summed E-state index contributed by atoms with van der Waals surface area (Å²) in [7, 11) is -30.4. The summed E-state index contributed by atoms with van der Waals surface area (Å²) in [5.74, 6) is -0.729. The highest BCUT2D eigenvalue weighted by atomic mass is 32.5. The summed E-state index contributed by atoms with van der Waals surface area (Å²) in [5.41, 5.74) is -7.60. The minimum atomic E-state index is -10.4. The van der Waals surface area contributed by atoms with Crippen LogP contribution in [0, 0.1) is 68.0 Å². The average molecular weight is 1090 g/mol. The Labute approximate surface area is 391 Å². The first-order valence-corrected chi connectivity index (χ1v) is 24.9. The normalized spacial score (nSPS) is 13.9. The van der Waals surface area contributed by atoms with Gasteiger partial charge in [0.1, 0.15) is 68.2 Å². The van der Waals surface area contributed by atoms with E-state index in [2.05, 4.69) is 0 Å². The largest absolute Gasteiger partial charge is 0.456 e. The number of nitriles is 6. The molecule has 0 N–H and O–H groups in total. The quantitative estimate of drug-likeness (QED) is 0.146. The van der Waals surface area contributed by atoms with Gasteiger partial charge in [0.05, 0.1) is 33.4 Å². The van der Waals surface area contributed by atoms with E-state index in [1.807, 2.05) is 27.7 Å². The average Bonchev–Trinajstić information content (AvgIpc) is 3.25. The van der Waals surface area contributed by atoms with Gasteiger partial charge in [0.2, 0.25) is 0 Å². The van der Waals surface area contributed by atoms with E-state index < -0.39 is 103 Å². The molecule has 378 valence electrons. The number of para-hydroxylation sites is 1. The molecule has 0 bridgehead atoms. The van der Waals surface area contributed by atoms with Crippen molar-refractivity contribution in [2.24, 2.45) is 0 Å².